The van der Waals surface area contributed by atoms with Gasteiger partial charge in [-0.2, -0.15) is 0 Å². The van der Waals surface area contributed by atoms with Crippen molar-refractivity contribution in [1.82, 2.24) is 4.90 Å². The SMILES string of the molecule is Cc1ccc(CN(C)CC(=O)Nc2ccccc2C(N)=O)c(C)c1. The third-order valence-electron chi connectivity index (χ3n) is 3.82. The predicted octanol–water partition coefficient (Wildman–Crippen LogP) is 2.47. The maximum absolute atomic E-state index is 12.2. The van der Waals surface area contributed by atoms with Crippen molar-refractivity contribution in [2.75, 3.05) is 18.9 Å². The average Bonchev–Trinajstić information content (AvgIpc) is 2.50. The van der Waals surface area contributed by atoms with Gasteiger partial charge in [-0.3, -0.25) is 14.5 Å². The standard InChI is InChI=1S/C19H23N3O2/c1-13-8-9-15(14(2)10-13)11-22(3)12-18(23)21-17-7-5-4-6-16(17)19(20)24/h4-10H,11-12H2,1-3H3,(H2,20,24)(H,21,23). The molecule has 2 aromatic rings. The third kappa shape index (κ3) is 4.67. The summed E-state index contributed by atoms with van der Waals surface area (Å²) >= 11 is 0. The molecule has 0 radical (unpaired) electrons. The fourth-order valence-electron chi connectivity index (χ4n) is 2.61. The molecule has 2 amide bonds. The van der Waals surface area contributed by atoms with E-state index in [9.17, 15) is 9.59 Å². The second kappa shape index (κ2) is 7.75. The fraction of sp³-hybridized carbons (Fsp3) is 0.263. The zero-order valence-corrected chi connectivity index (χ0v) is 14.3. The molecule has 3 N–H and O–H groups in total. The van der Waals surface area contributed by atoms with Gasteiger partial charge in [-0.25, -0.2) is 0 Å². The first-order valence-electron chi connectivity index (χ1n) is 7.80. The van der Waals surface area contributed by atoms with Crippen LogP contribution in [0.15, 0.2) is 42.5 Å². The summed E-state index contributed by atoms with van der Waals surface area (Å²) in [6.45, 7) is 5.03. The van der Waals surface area contributed by atoms with E-state index in [4.69, 9.17) is 5.73 Å². The van der Waals surface area contributed by atoms with Gasteiger partial charge in [0, 0.05) is 6.54 Å². The second-order valence-corrected chi connectivity index (χ2v) is 6.06. The number of anilines is 1. The number of carbonyl (C=O) groups is 2. The Morgan fingerprint density at radius 3 is 2.50 bits per heavy atom. The number of nitrogens with zero attached hydrogens (tertiary/aromatic N) is 1. The molecule has 24 heavy (non-hydrogen) atoms. The molecule has 0 atom stereocenters. The van der Waals surface area contributed by atoms with Crippen LogP contribution in [0.25, 0.3) is 0 Å². The highest BCUT2D eigenvalue weighted by molar-refractivity contribution is 6.03. The quantitative estimate of drug-likeness (QED) is 0.857. The Bertz CT molecular complexity index is 756. The van der Waals surface area contributed by atoms with Crippen LogP contribution in [-0.2, 0) is 11.3 Å². The molecule has 0 bridgehead atoms. The molecule has 0 unspecified atom stereocenters. The molecular weight excluding hydrogens is 302 g/mol. The van der Waals surface area contributed by atoms with E-state index < -0.39 is 5.91 Å². The van der Waals surface area contributed by atoms with Crippen LogP contribution in [0.4, 0.5) is 5.69 Å². The van der Waals surface area contributed by atoms with Crippen LogP contribution in [-0.4, -0.2) is 30.3 Å². The van der Waals surface area contributed by atoms with E-state index in [0.29, 0.717) is 17.8 Å². The maximum atomic E-state index is 12.2. The molecule has 0 saturated heterocycles. The minimum atomic E-state index is -0.561. The lowest BCUT2D eigenvalue weighted by molar-refractivity contribution is -0.117. The van der Waals surface area contributed by atoms with Crippen LogP contribution < -0.4 is 11.1 Å². The Balaban J connectivity index is 1.98. The summed E-state index contributed by atoms with van der Waals surface area (Å²) in [6.07, 6.45) is 0. The van der Waals surface area contributed by atoms with Crippen LogP contribution in [0.1, 0.15) is 27.0 Å². The molecule has 0 aliphatic rings. The first-order valence-corrected chi connectivity index (χ1v) is 7.80. The molecule has 0 spiro atoms. The van der Waals surface area contributed by atoms with Crippen LogP contribution in [0.5, 0.6) is 0 Å². The molecule has 126 valence electrons. The van der Waals surface area contributed by atoms with Gasteiger partial charge in [0.05, 0.1) is 17.8 Å². The van der Waals surface area contributed by atoms with Crippen molar-refractivity contribution >= 4 is 17.5 Å². The largest absolute Gasteiger partial charge is 0.366 e. The Kier molecular flexibility index (Phi) is 5.71. The van der Waals surface area contributed by atoms with Crippen molar-refractivity contribution in [1.29, 1.82) is 0 Å². The molecule has 5 heteroatoms. The first-order chi connectivity index (χ1) is 11.4. The van der Waals surface area contributed by atoms with Crippen molar-refractivity contribution in [3.63, 3.8) is 0 Å². The average molecular weight is 325 g/mol. The van der Waals surface area contributed by atoms with Gasteiger partial charge in [0.15, 0.2) is 0 Å². The first kappa shape index (κ1) is 17.7. The lowest BCUT2D eigenvalue weighted by atomic mass is 10.1. The van der Waals surface area contributed by atoms with Crippen molar-refractivity contribution in [3.8, 4) is 0 Å². The number of hydrogen-bond acceptors (Lipinski definition) is 3. The number of aryl methyl sites for hydroxylation is 2. The Labute approximate surface area is 142 Å². The van der Waals surface area contributed by atoms with Crippen LogP contribution >= 0.6 is 0 Å². The minimum Gasteiger partial charge on any atom is -0.366 e. The maximum Gasteiger partial charge on any atom is 0.250 e. The van der Waals surface area contributed by atoms with Crippen molar-refractivity contribution in [2.45, 2.75) is 20.4 Å². The van der Waals surface area contributed by atoms with Crippen LogP contribution in [0.2, 0.25) is 0 Å². The Hall–Kier alpha value is -2.66. The molecule has 0 saturated carbocycles. The topological polar surface area (TPSA) is 75.4 Å². The molecule has 0 aliphatic heterocycles. The number of para-hydroxylation sites is 1. The van der Waals surface area contributed by atoms with Crippen LogP contribution in [0.3, 0.4) is 0 Å². The predicted molar refractivity (Wildman–Crippen MR) is 95.8 cm³/mol. The van der Waals surface area contributed by atoms with Gasteiger partial charge in [-0.1, -0.05) is 35.9 Å². The number of rotatable bonds is 6. The zero-order chi connectivity index (χ0) is 17.7. The highest BCUT2D eigenvalue weighted by atomic mass is 16.2. The van der Waals surface area contributed by atoms with Gasteiger partial charge in [-0.05, 0) is 44.2 Å². The second-order valence-electron chi connectivity index (χ2n) is 6.06. The van der Waals surface area contributed by atoms with E-state index in [1.54, 1.807) is 24.3 Å². The lowest BCUT2D eigenvalue weighted by Gasteiger charge is -2.18. The van der Waals surface area contributed by atoms with Gasteiger partial charge < -0.3 is 11.1 Å². The van der Waals surface area contributed by atoms with Crippen molar-refractivity contribution in [3.05, 3.63) is 64.7 Å². The molecule has 0 fully saturated rings. The summed E-state index contributed by atoms with van der Waals surface area (Å²) in [5.74, 6) is -0.745. The summed E-state index contributed by atoms with van der Waals surface area (Å²) in [5.41, 5.74) is 9.69. The van der Waals surface area contributed by atoms with Crippen molar-refractivity contribution < 1.29 is 9.59 Å². The number of hydrogen-bond donors (Lipinski definition) is 2. The number of primary amides is 1. The highest BCUT2D eigenvalue weighted by Gasteiger charge is 2.12. The van der Waals surface area contributed by atoms with Gasteiger partial charge in [-0.15, -0.1) is 0 Å². The van der Waals surface area contributed by atoms with E-state index in [0.717, 1.165) is 0 Å². The molecule has 0 aliphatic carbocycles. The third-order valence-corrected chi connectivity index (χ3v) is 3.82. The zero-order valence-electron chi connectivity index (χ0n) is 14.3. The van der Waals surface area contributed by atoms with Gasteiger partial charge >= 0.3 is 0 Å². The minimum absolute atomic E-state index is 0.184. The number of nitrogens with one attached hydrogen (secondary N) is 1. The smallest absolute Gasteiger partial charge is 0.250 e. The van der Waals surface area contributed by atoms with E-state index in [1.165, 1.54) is 16.7 Å². The fourth-order valence-corrected chi connectivity index (χ4v) is 2.61. The number of nitrogens with two attached hydrogens (primary N) is 1. The van der Waals surface area contributed by atoms with Crippen molar-refractivity contribution in [2.24, 2.45) is 5.73 Å². The molecular formula is C19H23N3O2. The number of amides is 2. The monoisotopic (exact) mass is 325 g/mol. The van der Waals surface area contributed by atoms with E-state index >= 15 is 0 Å². The molecule has 5 nitrogen and oxygen atoms in total. The molecule has 2 aromatic carbocycles. The van der Waals surface area contributed by atoms with Gasteiger partial charge in [0.2, 0.25) is 5.91 Å². The molecule has 0 heterocycles. The van der Waals surface area contributed by atoms with Gasteiger partial charge in [0.1, 0.15) is 0 Å². The summed E-state index contributed by atoms with van der Waals surface area (Å²) < 4.78 is 0. The normalized spacial score (nSPS) is 10.7. The van der Waals surface area contributed by atoms with Gasteiger partial charge in [0.25, 0.3) is 5.91 Å². The summed E-state index contributed by atoms with van der Waals surface area (Å²) in [7, 11) is 1.89. The van der Waals surface area contributed by atoms with E-state index in [-0.39, 0.29) is 12.5 Å². The Morgan fingerprint density at radius 2 is 1.83 bits per heavy atom. The Morgan fingerprint density at radius 1 is 1.12 bits per heavy atom. The highest BCUT2D eigenvalue weighted by Crippen LogP contribution is 2.15. The summed E-state index contributed by atoms with van der Waals surface area (Å²) in [4.78, 5) is 25.5. The van der Waals surface area contributed by atoms with E-state index in [2.05, 4.69) is 37.4 Å². The summed E-state index contributed by atoms with van der Waals surface area (Å²) in [5, 5.41) is 2.75. The molecule has 0 aromatic heterocycles. The number of likely N-dealkylation sites (N-methyl/N-ethyl adjacent to an activating group) is 1. The van der Waals surface area contributed by atoms with E-state index in [1.807, 2.05) is 11.9 Å². The van der Waals surface area contributed by atoms with Crippen LogP contribution in [0, 0.1) is 13.8 Å². The number of benzene rings is 2. The molecule has 2 rings (SSSR count). The summed E-state index contributed by atoms with van der Waals surface area (Å²) in [6, 6.07) is 13.0. The lowest BCUT2D eigenvalue weighted by Crippen LogP contribution is -2.30. The number of carbonyl (C=O) groups excluding carboxylic acids is 2.